The lowest BCUT2D eigenvalue weighted by Gasteiger charge is -2.30. The number of piperidine rings is 1. The van der Waals surface area contributed by atoms with E-state index in [-0.39, 0.29) is 5.91 Å². The van der Waals surface area contributed by atoms with Crippen molar-refractivity contribution < 1.29 is 4.79 Å². The zero-order valence-corrected chi connectivity index (χ0v) is 13.3. The normalized spacial score (nSPS) is 17.8. The highest BCUT2D eigenvalue weighted by Crippen LogP contribution is 2.17. The molecule has 6 heteroatoms. The van der Waals surface area contributed by atoms with Crippen LogP contribution in [0.1, 0.15) is 35.7 Å². The van der Waals surface area contributed by atoms with Gasteiger partial charge in [-0.3, -0.25) is 9.78 Å². The average molecular weight is 311 g/mol. The van der Waals surface area contributed by atoms with Crippen LogP contribution in [0.2, 0.25) is 0 Å². The SMILES string of the molecule is CC1CCCN(C(=O)c2cnc(NCc3cccnc3)nc2)C1. The number of hydrogen-bond donors (Lipinski definition) is 1. The molecule has 6 nitrogen and oxygen atoms in total. The number of rotatable bonds is 4. The Kier molecular flexibility index (Phi) is 4.80. The van der Waals surface area contributed by atoms with E-state index in [1.165, 1.54) is 6.42 Å². The van der Waals surface area contributed by atoms with Crippen molar-refractivity contribution in [3.05, 3.63) is 48.0 Å². The van der Waals surface area contributed by atoms with Crippen molar-refractivity contribution in [2.24, 2.45) is 5.92 Å². The topological polar surface area (TPSA) is 71.0 Å². The number of anilines is 1. The molecule has 0 aliphatic carbocycles. The van der Waals surface area contributed by atoms with Gasteiger partial charge in [-0.25, -0.2) is 9.97 Å². The van der Waals surface area contributed by atoms with Gasteiger partial charge in [-0.1, -0.05) is 13.0 Å². The standard InChI is InChI=1S/C17H21N5O/c1-13-4-3-7-22(12-13)16(23)15-10-20-17(21-11-15)19-9-14-5-2-6-18-8-14/h2,5-6,8,10-11,13H,3-4,7,9,12H2,1H3,(H,19,20,21). The molecule has 3 heterocycles. The highest BCUT2D eigenvalue weighted by molar-refractivity contribution is 5.93. The largest absolute Gasteiger partial charge is 0.350 e. The lowest BCUT2D eigenvalue weighted by atomic mass is 10.00. The van der Waals surface area contributed by atoms with Crippen molar-refractivity contribution in [3.63, 3.8) is 0 Å². The Labute approximate surface area is 136 Å². The van der Waals surface area contributed by atoms with Gasteiger partial charge in [0.05, 0.1) is 5.56 Å². The molecule has 0 radical (unpaired) electrons. The molecule has 2 aromatic heterocycles. The van der Waals surface area contributed by atoms with Gasteiger partial charge in [0.1, 0.15) is 0 Å². The molecule has 1 N–H and O–H groups in total. The summed E-state index contributed by atoms with van der Waals surface area (Å²) in [6, 6.07) is 3.87. The van der Waals surface area contributed by atoms with E-state index < -0.39 is 0 Å². The summed E-state index contributed by atoms with van der Waals surface area (Å²) in [6.07, 6.45) is 8.99. The molecule has 23 heavy (non-hydrogen) atoms. The van der Waals surface area contributed by atoms with Crippen molar-refractivity contribution >= 4 is 11.9 Å². The first-order valence-corrected chi connectivity index (χ1v) is 7.96. The Hall–Kier alpha value is -2.50. The van der Waals surface area contributed by atoms with Crippen molar-refractivity contribution in [1.29, 1.82) is 0 Å². The van der Waals surface area contributed by atoms with Crippen LogP contribution in [0.25, 0.3) is 0 Å². The maximum atomic E-state index is 12.5. The third-order valence-electron chi connectivity index (χ3n) is 4.02. The Balaban J connectivity index is 1.59. The summed E-state index contributed by atoms with van der Waals surface area (Å²) in [7, 11) is 0. The highest BCUT2D eigenvalue weighted by atomic mass is 16.2. The second kappa shape index (κ2) is 7.17. The van der Waals surface area contributed by atoms with Gasteiger partial charge in [-0.15, -0.1) is 0 Å². The van der Waals surface area contributed by atoms with E-state index in [0.29, 0.717) is 24.0 Å². The zero-order chi connectivity index (χ0) is 16.1. The maximum absolute atomic E-state index is 12.5. The fraction of sp³-hybridized carbons (Fsp3) is 0.412. The van der Waals surface area contributed by atoms with Crippen LogP contribution in [-0.4, -0.2) is 38.8 Å². The Bertz CT molecular complexity index is 644. The second-order valence-corrected chi connectivity index (χ2v) is 6.01. The molecule has 1 aliphatic rings. The molecule has 120 valence electrons. The molecule has 0 saturated carbocycles. The lowest BCUT2D eigenvalue weighted by Crippen LogP contribution is -2.39. The number of aromatic nitrogens is 3. The first-order chi connectivity index (χ1) is 11.2. The fourth-order valence-electron chi connectivity index (χ4n) is 2.77. The third-order valence-corrected chi connectivity index (χ3v) is 4.02. The van der Waals surface area contributed by atoms with Gasteiger partial charge < -0.3 is 10.2 Å². The summed E-state index contributed by atoms with van der Waals surface area (Å²) in [5.74, 6) is 1.10. The van der Waals surface area contributed by atoms with Crippen LogP contribution in [0.5, 0.6) is 0 Å². The van der Waals surface area contributed by atoms with Crippen LogP contribution in [-0.2, 0) is 6.54 Å². The summed E-state index contributed by atoms with van der Waals surface area (Å²) in [5.41, 5.74) is 1.60. The van der Waals surface area contributed by atoms with E-state index in [4.69, 9.17) is 0 Å². The van der Waals surface area contributed by atoms with Gasteiger partial charge in [-0.05, 0) is 30.4 Å². The molecule has 0 aromatic carbocycles. The summed E-state index contributed by atoms with van der Waals surface area (Å²) in [5, 5.41) is 3.13. The Morgan fingerprint density at radius 3 is 2.87 bits per heavy atom. The first-order valence-electron chi connectivity index (χ1n) is 7.96. The maximum Gasteiger partial charge on any atom is 0.257 e. The summed E-state index contributed by atoms with van der Waals surface area (Å²) < 4.78 is 0. The minimum absolute atomic E-state index is 0.0235. The molecule has 1 aliphatic heterocycles. The predicted octanol–water partition coefficient (Wildman–Crippen LogP) is 2.36. The molecule has 1 fully saturated rings. The van der Waals surface area contributed by atoms with Crippen molar-refractivity contribution in [2.75, 3.05) is 18.4 Å². The molecule has 1 amide bonds. The molecule has 0 spiro atoms. The lowest BCUT2D eigenvalue weighted by molar-refractivity contribution is 0.0682. The molecule has 2 aromatic rings. The van der Waals surface area contributed by atoms with Crippen molar-refractivity contribution in [1.82, 2.24) is 19.9 Å². The van der Waals surface area contributed by atoms with Crippen LogP contribution in [0, 0.1) is 5.92 Å². The van der Waals surface area contributed by atoms with Gasteiger partial charge >= 0.3 is 0 Å². The van der Waals surface area contributed by atoms with Gasteiger partial charge in [-0.2, -0.15) is 0 Å². The third kappa shape index (κ3) is 4.03. The number of carbonyl (C=O) groups excluding carboxylic acids is 1. The number of nitrogens with one attached hydrogen (secondary N) is 1. The Morgan fingerprint density at radius 2 is 2.17 bits per heavy atom. The van der Waals surface area contributed by atoms with Crippen LogP contribution >= 0.6 is 0 Å². The van der Waals surface area contributed by atoms with E-state index in [1.807, 2.05) is 17.0 Å². The van der Waals surface area contributed by atoms with Crippen LogP contribution in [0.4, 0.5) is 5.95 Å². The molecule has 1 saturated heterocycles. The van der Waals surface area contributed by atoms with E-state index in [9.17, 15) is 4.79 Å². The van der Waals surface area contributed by atoms with Crippen molar-refractivity contribution in [2.45, 2.75) is 26.3 Å². The number of amides is 1. The fourth-order valence-corrected chi connectivity index (χ4v) is 2.77. The zero-order valence-electron chi connectivity index (χ0n) is 13.3. The highest BCUT2D eigenvalue weighted by Gasteiger charge is 2.22. The summed E-state index contributed by atoms with van der Waals surface area (Å²) in [4.78, 5) is 26.9. The van der Waals surface area contributed by atoms with Gasteiger partial charge in [0, 0.05) is 44.4 Å². The monoisotopic (exact) mass is 311 g/mol. The van der Waals surface area contributed by atoms with Gasteiger partial charge in [0.25, 0.3) is 5.91 Å². The van der Waals surface area contributed by atoms with Crippen LogP contribution in [0.3, 0.4) is 0 Å². The molecular formula is C17H21N5O. The minimum atomic E-state index is 0.0235. The van der Waals surface area contributed by atoms with Crippen molar-refractivity contribution in [3.8, 4) is 0 Å². The summed E-state index contributed by atoms with van der Waals surface area (Å²) >= 11 is 0. The van der Waals surface area contributed by atoms with Crippen LogP contribution in [0.15, 0.2) is 36.9 Å². The van der Waals surface area contributed by atoms with Crippen LogP contribution < -0.4 is 5.32 Å². The number of carbonyl (C=O) groups is 1. The first kappa shape index (κ1) is 15.4. The number of nitrogens with zero attached hydrogens (tertiary/aromatic N) is 4. The predicted molar refractivity (Wildman–Crippen MR) is 87.9 cm³/mol. The van der Waals surface area contributed by atoms with Gasteiger partial charge in [0.2, 0.25) is 5.95 Å². The average Bonchev–Trinajstić information content (AvgIpc) is 2.61. The quantitative estimate of drug-likeness (QED) is 0.938. The van der Waals surface area contributed by atoms with E-state index >= 15 is 0 Å². The van der Waals surface area contributed by atoms with E-state index in [2.05, 4.69) is 27.2 Å². The number of hydrogen-bond acceptors (Lipinski definition) is 5. The van der Waals surface area contributed by atoms with Gasteiger partial charge in [0.15, 0.2) is 0 Å². The van der Waals surface area contributed by atoms with E-state index in [0.717, 1.165) is 25.1 Å². The number of pyridine rings is 1. The molecular weight excluding hydrogens is 290 g/mol. The number of likely N-dealkylation sites (tertiary alicyclic amines) is 1. The Morgan fingerprint density at radius 1 is 1.35 bits per heavy atom. The summed E-state index contributed by atoms with van der Waals surface area (Å²) in [6.45, 7) is 4.43. The molecule has 0 bridgehead atoms. The minimum Gasteiger partial charge on any atom is -0.350 e. The molecule has 1 atom stereocenters. The van der Waals surface area contributed by atoms with E-state index in [1.54, 1.807) is 24.8 Å². The second-order valence-electron chi connectivity index (χ2n) is 6.01. The molecule has 1 unspecified atom stereocenters. The smallest absolute Gasteiger partial charge is 0.257 e. The molecule has 3 rings (SSSR count).